The lowest BCUT2D eigenvalue weighted by Crippen LogP contribution is -2.47. The molecule has 1 amide bonds. The highest BCUT2D eigenvalue weighted by Gasteiger charge is 2.31. The molecule has 1 heterocycles. The zero-order valence-corrected chi connectivity index (χ0v) is 18.8. The molecule has 9 heteroatoms. The maximum absolute atomic E-state index is 12.4. The van der Waals surface area contributed by atoms with E-state index >= 15 is 0 Å². The normalized spacial score (nSPS) is 22.7. The maximum atomic E-state index is 12.4. The minimum atomic E-state index is 0. The van der Waals surface area contributed by atoms with Gasteiger partial charge in [0.25, 0.3) is 0 Å². The van der Waals surface area contributed by atoms with E-state index in [-0.39, 0.29) is 41.8 Å². The van der Waals surface area contributed by atoms with Crippen molar-refractivity contribution in [3.8, 4) is 0 Å². The number of aromatic nitrogens is 3. The Hall–Kier alpha value is -1.39. The van der Waals surface area contributed by atoms with Crippen molar-refractivity contribution in [2.75, 3.05) is 6.54 Å². The van der Waals surface area contributed by atoms with Gasteiger partial charge in [0.05, 0.1) is 0 Å². The zero-order valence-electron chi connectivity index (χ0n) is 16.5. The molecular formula is C18H32IN7O. The highest BCUT2D eigenvalue weighted by molar-refractivity contribution is 14.0. The van der Waals surface area contributed by atoms with E-state index in [2.05, 4.69) is 38.1 Å². The van der Waals surface area contributed by atoms with Crippen molar-refractivity contribution in [1.82, 2.24) is 30.7 Å². The average molecular weight is 489 g/mol. The molecule has 2 atom stereocenters. The average Bonchev–Trinajstić information content (AvgIpc) is 3.39. The highest BCUT2D eigenvalue weighted by atomic mass is 127. The molecule has 0 aliphatic heterocycles. The van der Waals surface area contributed by atoms with Gasteiger partial charge in [0.2, 0.25) is 5.91 Å². The number of aliphatic imine (C=N–C) groups is 1. The molecule has 27 heavy (non-hydrogen) atoms. The van der Waals surface area contributed by atoms with Crippen LogP contribution in [0, 0.1) is 12.8 Å². The van der Waals surface area contributed by atoms with Crippen LogP contribution in [0.4, 0.5) is 0 Å². The van der Waals surface area contributed by atoms with Crippen molar-refractivity contribution in [2.45, 2.75) is 71.0 Å². The SMILES string of the molecule is CCNC(=NCc1nnc(C)n1C)NC1CCCC(C(=O)NC2CC2)C1.I. The van der Waals surface area contributed by atoms with Crippen molar-refractivity contribution in [2.24, 2.45) is 18.0 Å². The third-order valence-electron chi connectivity index (χ3n) is 5.22. The molecule has 152 valence electrons. The third kappa shape index (κ3) is 6.32. The summed E-state index contributed by atoms with van der Waals surface area (Å²) in [6.07, 6.45) is 6.27. The Morgan fingerprint density at radius 2 is 1.96 bits per heavy atom. The number of carbonyl (C=O) groups is 1. The second-order valence-electron chi connectivity index (χ2n) is 7.41. The molecule has 3 N–H and O–H groups in total. The van der Waals surface area contributed by atoms with Crippen LogP contribution in [0.3, 0.4) is 0 Å². The van der Waals surface area contributed by atoms with E-state index in [4.69, 9.17) is 0 Å². The first-order valence-electron chi connectivity index (χ1n) is 9.77. The molecule has 2 fully saturated rings. The number of rotatable bonds is 6. The minimum absolute atomic E-state index is 0. The van der Waals surface area contributed by atoms with Crippen LogP contribution in [0.25, 0.3) is 0 Å². The third-order valence-corrected chi connectivity index (χ3v) is 5.22. The summed E-state index contributed by atoms with van der Waals surface area (Å²) >= 11 is 0. The molecule has 0 saturated heterocycles. The van der Waals surface area contributed by atoms with Gasteiger partial charge in [-0.25, -0.2) is 4.99 Å². The summed E-state index contributed by atoms with van der Waals surface area (Å²) in [6, 6.07) is 0.710. The number of nitrogens with zero attached hydrogens (tertiary/aromatic N) is 4. The summed E-state index contributed by atoms with van der Waals surface area (Å²) in [7, 11) is 1.95. The number of guanidine groups is 1. The molecule has 0 spiro atoms. The van der Waals surface area contributed by atoms with Gasteiger partial charge in [-0.3, -0.25) is 4.79 Å². The molecule has 0 bridgehead atoms. The van der Waals surface area contributed by atoms with Crippen molar-refractivity contribution in [3.05, 3.63) is 11.6 Å². The topological polar surface area (TPSA) is 96.2 Å². The van der Waals surface area contributed by atoms with Gasteiger partial charge in [0.1, 0.15) is 12.4 Å². The number of nitrogens with one attached hydrogen (secondary N) is 3. The lowest BCUT2D eigenvalue weighted by Gasteiger charge is -2.30. The van der Waals surface area contributed by atoms with Gasteiger partial charge in [0.15, 0.2) is 11.8 Å². The molecule has 3 rings (SSSR count). The van der Waals surface area contributed by atoms with Gasteiger partial charge in [0, 0.05) is 31.6 Å². The minimum Gasteiger partial charge on any atom is -0.357 e. The smallest absolute Gasteiger partial charge is 0.223 e. The van der Waals surface area contributed by atoms with E-state index in [1.165, 1.54) is 0 Å². The van der Waals surface area contributed by atoms with Crippen LogP contribution in [0.1, 0.15) is 57.1 Å². The number of amides is 1. The first kappa shape index (κ1) is 21.9. The van der Waals surface area contributed by atoms with E-state index in [0.29, 0.717) is 12.6 Å². The van der Waals surface area contributed by atoms with E-state index in [9.17, 15) is 4.79 Å². The molecule has 8 nitrogen and oxygen atoms in total. The molecular weight excluding hydrogens is 457 g/mol. The van der Waals surface area contributed by atoms with Gasteiger partial charge in [-0.15, -0.1) is 34.2 Å². The molecule has 2 aliphatic rings. The standard InChI is InChI=1S/C18H31N7O.HI/c1-4-19-18(20-11-16-24-23-12(2)25(16)3)22-15-7-5-6-13(10-15)17(26)21-14-8-9-14;/h13-15H,4-11H2,1-3H3,(H,21,26)(H2,19,20,22);1H. The monoisotopic (exact) mass is 489 g/mol. The fourth-order valence-corrected chi connectivity index (χ4v) is 3.36. The summed E-state index contributed by atoms with van der Waals surface area (Å²) in [5.74, 6) is 2.85. The summed E-state index contributed by atoms with van der Waals surface area (Å²) in [5.41, 5.74) is 0. The number of hydrogen-bond donors (Lipinski definition) is 3. The molecule has 2 unspecified atom stereocenters. The predicted octanol–water partition coefficient (Wildman–Crippen LogP) is 1.63. The Balaban J connectivity index is 0.00000261. The molecule has 0 aromatic carbocycles. The van der Waals surface area contributed by atoms with Crippen LogP contribution in [-0.2, 0) is 18.4 Å². The van der Waals surface area contributed by atoms with Crippen LogP contribution in [0.2, 0.25) is 0 Å². The maximum Gasteiger partial charge on any atom is 0.223 e. The number of hydrogen-bond acceptors (Lipinski definition) is 4. The second kappa shape index (κ2) is 10.2. The largest absolute Gasteiger partial charge is 0.357 e. The van der Waals surface area contributed by atoms with Gasteiger partial charge in [-0.1, -0.05) is 6.42 Å². The fraction of sp³-hybridized carbons (Fsp3) is 0.778. The summed E-state index contributed by atoms with van der Waals surface area (Å²) in [5, 5.41) is 18.2. The van der Waals surface area contributed by atoms with E-state index in [1.807, 2.05) is 18.5 Å². The highest BCUT2D eigenvalue weighted by Crippen LogP contribution is 2.26. The van der Waals surface area contributed by atoms with Crippen molar-refractivity contribution in [1.29, 1.82) is 0 Å². The molecule has 1 aromatic rings. The Labute approximate surface area is 178 Å². The van der Waals surface area contributed by atoms with Crippen LogP contribution in [0.5, 0.6) is 0 Å². The second-order valence-corrected chi connectivity index (χ2v) is 7.41. The summed E-state index contributed by atoms with van der Waals surface area (Å²) in [4.78, 5) is 17.0. The summed E-state index contributed by atoms with van der Waals surface area (Å²) < 4.78 is 1.95. The molecule has 1 aromatic heterocycles. The van der Waals surface area contributed by atoms with E-state index in [1.54, 1.807) is 0 Å². The first-order chi connectivity index (χ1) is 12.6. The van der Waals surface area contributed by atoms with Crippen LogP contribution in [-0.4, -0.2) is 45.3 Å². The Bertz CT molecular complexity index is 656. The van der Waals surface area contributed by atoms with Gasteiger partial charge in [-0.2, -0.15) is 0 Å². The Kier molecular flexibility index (Phi) is 8.30. The van der Waals surface area contributed by atoms with Crippen LogP contribution in [0.15, 0.2) is 4.99 Å². The molecule has 2 saturated carbocycles. The van der Waals surface area contributed by atoms with Crippen molar-refractivity contribution < 1.29 is 4.79 Å². The van der Waals surface area contributed by atoms with Crippen LogP contribution < -0.4 is 16.0 Å². The predicted molar refractivity (Wildman–Crippen MR) is 116 cm³/mol. The van der Waals surface area contributed by atoms with E-state index < -0.39 is 0 Å². The van der Waals surface area contributed by atoms with Gasteiger partial charge < -0.3 is 20.5 Å². The van der Waals surface area contributed by atoms with E-state index in [0.717, 1.165) is 62.7 Å². The quantitative estimate of drug-likeness (QED) is 0.321. The van der Waals surface area contributed by atoms with Gasteiger partial charge >= 0.3 is 0 Å². The Morgan fingerprint density at radius 3 is 2.59 bits per heavy atom. The van der Waals surface area contributed by atoms with Crippen molar-refractivity contribution in [3.63, 3.8) is 0 Å². The molecule has 2 aliphatic carbocycles. The first-order valence-corrected chi connectivity index (χ1v) is 9.77. The zero-order chi connectivity index (χ0) is 18.5. The lowest BCUT2D eigenvalue weighted by molar-refractivity contribution is -0.126. The summed E-state index contributed by atoms with van der Waals surface area (Å²) in [6.45, 7) is 5.25. The lowest BCUT2D eigenvalue weighted by atomic mass is 9.85. The fourth-order valence-electron chi connectivity index (χ4n) is 3.36. The van der Waals surface area contributed by atoms with Crippen LogP contribution >= 0.6 is 24.0 Å². The number of halogens is 1. The molecule has 0 radical (unpaired) electrons. The number of carbonyl (C=O) groups excluding carboxylic acids is 1. The van der Waals surface area contributed by atoms with Gasteiger partial charge in [-0.05, 0) is 46.0 Å². The Morgan fingerprint density at radius 1 is 1.19 bits per heavy atom. The van der Waals surface area contributed by atoms with Crippen molar-refractivity contribution >= 4 is 35.8 Å². The number of aryl methyl sites for hydroxylation is 1.